The number of rotatable bonds is 3. The number of nitrogen functional groups attached to an aromatic ring is 1. The van der Waals surface area contributed by atoms with Gasteiger partial charge in [0.05, 0.1) is 16.5 Å². The molecule has 0 aliphatic carbocycles. The topological polar surface area (TPSA) is 104 Å². The molecule has 3 heterocycles. The Morgan fingerprint density at radius 1 is 1.36 bits per heavy atom. The molecular formula is C14H11ClN6S. The van der Waals surface area contributed by atoms with Crippen molar-refractivity contribution < 1.29 is 0 Å². The summed E-state index contributed by atoms with van der Waals surface area (Å²) < 4.78 is 0. The summed E-state index contributed by atoms with van der Waals surface area (Å²) in [5.74, 6) is 0.272. The zero-order chi connectivity index (χ0) is 15.7. The molecule has 3 aromatic rings. The molecule has 0 bridgehead atoms. The van der Waals surface area contributed by atoms with Crippen LogP contribution < -0.4 is 5.73 Å². The van der Waals surface area contributed by atoms with E-state index in [1.165, 1.54) is 17.8 Å². The second kappa shape index (κ2) is 5.83. The lowest BCUT2D eigenvalue weighted by molar-refractivity contribution is 0.937. The van der Waals surface area contributed by atoms with Crippen molar-refractivity contribution in [1.82, 2.24) is 19.9 Å². The van der Waals surface area contributed by atoms with E-state index in [2.05, 4.69) is 19.9 Å². The van der Waals surface area contributed by atoms with E-state index in [9.17, 15) is 0 Å². The van der Waals surface area contributed by atoms with Gasteiger partial charge in [-0.05, 0) is 19.1 Å². The molecular weight excluding hydrogens is 320 g/mol. The summed E-state index contributed by atoms with van der Waals surface area (Å²) in [6.45, 7) is 1.97. The second-order valence-electron chi connectivity index (χ2n) is 4.61. The highest BCUT2D eigenvalue weighted by molar-refractivity contribution is 7.99. The molecule has 6 nitrogen and oxygen atoms in total. The Hall–Kier alpha value is -2.30. The molecule has 8 heteroatoms. The van der Waals surface area contributed by atoms with Crippen molar-refractivity contribution in [2.75, 3.05) is 5.73 Å². The SMILES string of the molecule is CC(Sc1nc(N)cc(C#N)n1)c1cc2cc[nH]c2c(Cl)n1. The number of anilines is 1. The molecule has 0 aliphatic rings. The Kier molecular flexibility index (Phi) is 3.88. The first-order valence-electron chi connectivity index (χ1n) is 6.41. The van der Waals surface area contributed by atoms with Crippen LogP contribution in [0.25, 0.3) is 10.9 Å². The summed E-state index contributed by atoms with van der Waals surface area (Å²) >= 11 is 7.55. The van der Waals surface area contributed by atoms with Crippen molar-refractivity contribution in [3.05, 3.63) is 40.9 Å². The third-order valence-electron chi connectivity index (χ3n) is 3.05. The summed E-state index contributed by atoms with van der Waals surface area (Å²) in [5, 5.41) is 10.8. The lowest BCUT2D eigenvalue weighted by Crippen LogP contribution is -2.00. The first-order chi connectivity index (χ1) is 10.6. The van der Waals surface area contributed by atoms with Crippen LogP contribution >= 0.6 is 23.4 Å². The van der Waals surface area contributed by atoms with Crippen LogP contribution in [0.4, 0.5) is 5.82 Å². The van der Waals surface area contributed by atoms with Crippen LogP contribution in [0.3, 0.4) is 0 Å². The average molecular weight is 331 g/mol. The van der Waals surface area contributed by atoms with Crippen LogP contribution in [0.2, 0.25) is 5.15 Å². The molecule has 22 heavy (non-hydrogen) atoms. The minimum Gasteiger partial charge on any atom is -0.384 e. The molecule has 0 saturated heterocycles. The fourth-order valence-corrected chi connectivity index (χ4v) is 3.15. The van der Waals surface area contributed by atoms with Gasteiger partial charge in [-0.25, -0.2) is 15.0 Å². The van der Waals surface area contributed by atoms with Gasteiger partial charge < -0.3 is 10.7 Å². The van der Waals surface area contributed by atoms with Crippen molar-refractivity contribution in [2.24, 2.45) is 0 Å². The lowest BCUT2D eigenvalue weighted by atomic mass is 10.2. The van der Waals surface area contributed by atoms with E-state index < -0.39 is 0 Å². The van der Waals surface area contributed by atoms with Gasteiger partial charge in [-0.3, -0.25) is 0 Å². The van der Waals surface area contributed by atoms with Crippen molar-refractivity contribution in [3.8, 4) is 6.07 Å². The largest absolute Gasteiger partial charge is 0.384 e. The quantitative estimate of drug-likeness (QED) is 0.433. The number of nitrogens with zero attached hydrogens (tertiary/aromatic N) is 4. The average Bonchev–Trinajstić information content (AvgIpc) is 2.95. The van der Waals surface area contributed by atoms with Crippen molar-refractivity contribution in [1.29, 1.82) is 5.26 Å². The normalized spacial score (nSPS) is 12.2. The summed E-state index contributed by atoms with van der Waals surface area (Å²) in [5.41, 5.74) is 7.55. The first kappa shape index (κ1) is 14.6. The van der Waals surface area contributed by atoms with E-state index in [-0.39, 0.29) is 16.8 Å². The molecule has 0 amide bonds. The van der Waals surface area contributed by atoms with E-state index in [0.717, 1.165) is 16.6 Å². The molecule has 3 N–H and O–H groups in total. The van der Waals surface area contributed by atoms with Crippen molar-refractivity contribution in [3.63, 3.8) is 0 Å². The number of fused-ring (bicyclic) bond motifs is 1. The molecule has 0 spiro atoms. The number of hydrogen-bond donors (Lipinski definition) is 2. The van der Waals surface area contributed by atoms with Crippen molar-refractivity contribution in [2.45, 2.75) is 17.3 Å². The summed E-state index contributed by atoms with van der Waals surface area (Å²) in [6.07, 6.45) is 1.82. The first-order valence-corrected chi connectivity index (χ1v) is 7.67. The molecule has 0 aliphatic heterocycles. The predicted octanol–water partition coefficient (Wildman–Crippen LogP) is 3.31. The highest BCUT2D eigenvalue weighted by atomic mass is 35.5. The number of H-pyrrole nitrogens is 1. The number of nitrogens with one attached hydrogen (secondary N) is 1. The van der Waals surface area contributed by atoms with Gasteiger partial charge in [0.25, 0.3) is 0 Å². The van der Waals surface area contributed by atoms with Crippen LogP contribution in [0.15, 0.2) is 29.6 Å². The summed E-state index contributed by atoms with van der Waals surface area (Å²) in [6, 6.07) is 7.31. The highest BCUT2D eigenvalue weighted by Crippen LogP contribution is 2.34. The standard InChI is InChI=1S/C14H11ClN6S/c1-7(22-14-19-9(6-16)5-11(17)21-14)10-4-8-2-3-18-12(8)13(15)20-10/h2-5,7,18H,1H3,(H2,17,19,21). The fraction of sp³-hybridized carbons (Fsp3) is 0.143. The number of halogens is 1. The third kappa shape index (κ3) is 2.84. The molecule has 3 aromatic heterocycles. The molecule has 0 fully saturated rings. The number of hydrogen-bond acceptors (Lipinski definition) is 6. The maximum atomic E-state index is 8.93. The second-order valence-corrected chi connectivity index (χ2v) is 6.28. The highest BCUT2D eigenvalue weighted by Gasteiger charge is 2.15. The summed E-state index contributed by atoms with van der Waals surface area (Å²) in [4.78, 5) is 15.7. The van der Waals surface area contributed by atoms with Crippen LogP contribution in [0, 0.1) is 11.3 Å². The number of pyridine rings is 1. The maximum Gasteiger partial charge on any atom is 0.191 e. The van der Waals surface area contributed by atoms with Gasteiger partial charge in [0, 0.05) is 17.6 Å². The Labute approximate surface area is 135 Å². The van der Waals surface area contributed by atoms with Crippen LogP contribution in [0.1, 0.15) is 23.6 Å². The zero-order valence-electron chi connectivity index (χ0n) is 11.5. The Bertz CT molecular complexity index is 885. The summed E-state index contributed by atoms with van der Waals surface area (Å²) in [7, 11) is 0. The van der Waals surface area contributed by atoms with Gasteiger partial charge in [-0.1, -0.05) is 23.4 Å². The molecule has 0 aromatic carbocycles. The Morgan fingerprint density at radius 2 is 2.18 bits per heavy atom. The minimum absolute atomic E-state index is 0.0369. The van der Waals surface area contributed by atoms with Crippen LogP contribution in [-0.4, -0.2) is 19.9 Å². The number of nitrogens with two attached hydrogens (primary N) is 1. The lowest BCUT2D eigenvalue weighted by Gasteiger charge is -2.11. The van der Waals surface area contributed by atoms with E-state index in [1.54, 1.807) is 0 Å². The maximum absolute atomic E-state index is 8.93. The van der Waals surface area contributed by atoms with E-state index in [1.807, 2.05) is 31.3 Å². The van der Waals surface area contributed by atoms with E-state index >= 15 is 0 Å². The zero-order valence-corrected chi connectivity index (χ0v) is 13.1. The Balaban J connectivity index is 1.91. The fourth-order valence-electron chi connectivity index (χ4n) is 2.02. The predicted molar refractivity (Wildman–Crippen MR) is 86.5 cm³/mol. The van der Waals surface area contributed by atoms with Gasteiger partial charge in [0.2, 0.25) is 0 Å². The van der Waals surface area contributed by atoms with Crippen LogP contribution in [-0.2, 0) is 0 Å². The molecule has 3 rings (SSSR count). The van der Waals surface area contributed by atoms with E-state index in [4.69, 9.17) is 22.6 Å². The minimum atomic E-state index is -0.0369. The van der Waals surface area contributed by atoms with Gasteiger partial charge in [-0.15, -0.1) is 0 Å². The Morgan fingerprint density at radius 3 is 2.95 bits per heavy atom. The smallest absolute Gasteiger partial charge is 0.191 e. The molecule has 1 atom stereocenters. The number of nitriles is 1. The number of thioether (sulfide) groups is 1. The van der Waals surface area contributed by atoms with Gasteiger partial charge in [-0.2, -0.15) is 5.26 Å². The van der Waals surface area contributed by atoms with Crippen LogP contribution in [0.5, 0.6) is 0 Å². The molecule has 0 radical (unpaired) electrons. The monoisotopic (exact) mass is 330 g/mol. The third-order valence-corrected chi connectivity index (χ3v) is 4.32. The molecule has 0 saturated carbocycles. The molecule has 1 unspecified atom stereocenters. The van der Waals surface area contributed by atoms with Gasteiger partial charge >= 0.3 is 0 Å². The van der Waals surface area contributed by atoms with Gasteiger partial charge in [0.15, 0.2) is 10.3 Å². The number of aromatic nitrogens is 4. The van der Waals surface area contributed by atoms with E-state index in [0.29, 0.717) is 10.3 Å². The number of aromatic amines is 1. The van der Waals surface area contributed by atoms with Gasteiger partial charge in [0.1, 0.15) is 17.6 Å². The van der Waals surface area contributed by atoms with Crippen molar-refractivity contribution >= 4 is 40.1 Å². The molecule has 110 valence electrons.